The van der Waals surface area contributed by atoms with Gasteiger partial charge in [-0.25, -0.2) is 0 Å². The Bertz CT molecular complexity index is 5120. The van der Waals surface area contributed by atoms with Gasteiger partial charge in [-0.15, -0.1) is 22.7 Å². The van der Waals surface area contributed by atoms with Gasteiger partial charge in [0, 0.05) is 81.6 Å². The zero-order chi connectivity index (χ0) is 68.3. The minimum Gasteiger partial charge on any atom is -0.311 e. The van der Waals surface area contributed by atoms with Crippen molar-refractivity contribution in [1.29, 1.82) is 0 Å². The van der Waals surface area contributed by atoms with Crippen molar-refractivity contribution < 1.29 is 0 Å². The lowest BCUT2D eigenvalue weighted by molar-refractivity contribution is 0.590. The summed E-state index contributed by atoms with van der Waals surface area (Å²) >= 11 is 3.75. The Morgan fingerprint density at radius 3 is 1.20 bits per heavy atom. The highest BCUT2D eigenvalue weighted by atomic mass is 32.1. The highest BCUT2D eigenvalue weighted by Crippen LogP contribution is 2.53. The Labute approximate surface area is 593 Å². The van der Waals surface area contributed by atoms with E-state index in [0.717, 1.165) is 73.8 Å². The highest BCUT2D eigenvalue weighted by molar-refractivity contribution is 7.22. The first-order valence-corrected chi connectivity index (χ1v) is 36.5. The lowest BCUT2D eigenvalue weighted by atomic mass is 9.33. The van der Waals surface area contributed by atoms with Crippen molar-refractivity contribution in [2.75, 3.05) is 19.6 Å². The molecule has 0 bridgehead atoms. The molecule has 0 saturated heterocycles. The smallest absolute Gasteiger partial charge is 0.252 e. The van der Waals surface area contributed by atoms with Crippen molar-refractivity contribution in [2.24, 2.45) is 0 Å². The molecule has 0 amide bonds. The van der Waals surface area contributed by atoms with Crippen LogP contribution >= 0.6 is 22.7 Å². The van der Waals surface area contributed by atoms with E-state index in [2.05, 4.69) is 388 Å². The van der Waals surface area contributed by atoms with Crippen LogP contribution in [-0.2, 0) is 21.7 Å². The van der Waals surface area contributed by atoms with Gasteiger partial charge < -0.3 is 19.6 Å². The molecule has 4 heterocycles. The maximum Gasteiger partial charge on any atom is 0.252 e. The summed E-state index contributed by atoms with van der Waals surface area (Å²) < 4.78 is 2.55. The zero-order valence-electron chi connectivity index (χ0n) is 58.8. The molecular formula is C92H83BN4S2. The van der Waals surface area contributed by atoms with E-state index >= 15 is 0 Å². The number of thiophene rings is 2. The summed E-state index contributed by atoms with van der Waals surface area (Å²) in [6, 6.07) is 109. The number of fused-ring (bicyclic) bond motifs is 6. The Hall–Kier alpha value is -10.2. The summed E-state index contributed by atoms with van der Waals surface area (Å²) in [6.07, 6.45) is 0. The van der Waals surface area contributed by atoms with Gasteiger partial charge in [0.25, 0.3) is 6.71 Å². The third kappa shape index (κ3) is 11.7. The average Bonchev–Trinajstić information content (AvgIpc) is 1.07. The van der Waals surface area contributed by atoms with Gasteiger partial charge in [0.15, 0.2) is 0 Å². The predicted octanol–water partition coefficient (Wildman–Crippen LogP) is 25.3. The molecule has 12 aromatic carbocycles. The number of rotatable bonds is 11. The molecule has 0 radical (unpaired) electrons. The molecule has 14 aromatic rings. The molecule has 0 spiro atoms. The molecule has 2 aliphatic heterocycles. The fourth-order valence-corrected chi connectivity index (χ4v) is 16.9. The third-order valence-corrected chi connectivity index (χ3v) is 22.5. The minimum atomic E-state index is -0.202. The Morgan fingerprint density at radius 1 is 0.283 bits per heavy atom. The zero-order valence-corrected chi connectivity index (χ0v) is 60.5. The molecule has 4 nitrogen and oxygen atoms in total. The fraction of sp³-hybridized carbons (Fsp3) is 0.174. The molecule has 0 saturated carbocycles. The molecule has 99 heavy (non-hydrogen) atoms. The van der Waals surface area contributed by atoms with Crippen molar-refractivity contribution in [3.05, 3.63) is 307 Å². The van der Waals surface area contributed by atoms with Gasteiger partial charge in [0.05, 0.1) is 11.4 Å². The molecule has 0 N–H and O–H groups in total. The molecule has 0 atom stereocenters. The molecule has 0 aliphatic carbocycles. The van der Waals surface area contributed by atoms with Crippen LogP contribution in [0.25, 0.3) is 52.2 Å². The maximum absolute atomic E-state index is 2.66. The summed E-state index contributed by atoms with van der Waals surface area (Å²) in [7, 11) is 0. The normalized spacial score (nSPS) is 13.0. The van der Waals surface area contributed by atoms with Gasteiger partial charge in [0.2, 0.25) is 0 Å². The standard InChI is InChI=1S/C92H83BN4S2/c1-89(2,3)65-36-42-71(43-37-65)95(72-44-38-66(39-45-72)90(4,5)6)75-58-82-88-83(59-75)97(79-48-40-67(91(7,8)9)55-76(79)60-26-16-13-17-27-60)81-57-73(94(69-30-18-14-19-31-69)70-32-20-15-21-33-70)46-47-77(81)93(88)78-56-68(92(10,11)12)41-49-80(78)96(82)74-51-63(86-53-61-28-22-24-34-84(61)98-86)50-64(52-74)87-54-62-29-23-25-35-85(62)99-87/h13-59H,1-12H3. The largest absolute Gasteiger partial charge is 0.311 e. The Morgan fingerprint density at radius 2 is 0.697 bits per heavy atom. The van der Waals surface area contributed by atoms with Crippen LogP contribution in [0.2, 0.25) is 0 Å². The summed E-state index contributed by atoms with van der Waals surface area (Å²) in [5.74, 6) is 0. The summed E-state index contributed by atoms with van der Waals surface area (Å²) in [5, 5.41) is 2.51. The van der Waals surface area contributed by atoms with Crippen LogP contribution in [0.3, 0.4) is 0 Å². The predicted molar refractivity (Wildman–Crippen MR) is 432 cm³/mol. The SMILES string of the molecule is CC(C)(C)c1ccc(N(c2ccc(C(C)(C)C)cc2)c2cc3c4c(c2)N(c2ccc(C(C)(C)C)cc2-c2ccccc2)c2cc(N(c5ccccc5)c5ccccc5)ccc2B4c2cc(C(C)(C)C)ccc2N3c2cc(-c3cc4ccccc4s3)cc(-c3cc4ccccc4s3)c2)cc1. The van der Waals surface area contributed by atoms with Crippen LogP contribution in [0.4, 0.5) is 68.2 Å². The van der Waals surface area contributed by atoms with Crippen molar-refractivity contribution >= 4 is 134 Å². The van der Waals surface area contributed by atoms with Crippen LogP contribution in [-0.4, -0.2) is 6.71 Å². The number of para-hydroxylation sites is 2. The number of anilines is 12. The monoisotopic (exact) mass is 1320 g/mol. The van der Waals surface area contributed by atoms with Crippen LogP contribution in [0.5, 0.6) is 0 Å². The van der Waals surface area contributed by atoms with Gasteiger partial charge in [-0.3, -0.25) is 0 Å². The van der Waals surface area contributed by atoms with E-state index in [9.17, 15) is 0 Å². The Kier molecular flexibility index (Phi) is 15.6. The molecule has 2 aliphatic rings. The van der Waals surface area contributed by atoms with Crippen molar-refractivity contribution in [2.45, 2.75) is 105 Å². The summed E-state index contributed by atoms with van der Waals surface area (Å²) in [4.78, 5) is 12.7. The topological polar surface area (TPSA) is 13.0 Å². The maximum atomic E-state index is 2.66. The van der Waals surface area contributed by atoms with E-state index in [1.165, 1.54) is 85.3 Å². The second kappa shape index (κ2) is 24.4. The molecule has 7 heteroatoms. The van der Waals surface area contributed by atoms with E-state index in [4.69, 9.17) is 0 Å². The summed E-state index contributed by atoms with van der Waals surface area (Å²) in [6.45, 7) is 27.7. The molecule has 486 valence electrons. The van der Waals surface area contributed by atoms with Gasteiger partial charge in [-0.1, -0.05) is 235 Å². The van der Waals surface area contributed by atoms with E-state index in [1.54, 1.807) is 0 Å². The second-order valence-electron chi connectivity index (χ2n) is 31.1. The van der Waals surface area contributed by atoms with Gasteiger partial charge in [0.1, 0.15) is 0 Å². The number of nitrogens with zero attached hydrogens (tertiary/aromatic N) is 4. The van der Waals surface area contributed by atoms with Crippen LogP contribution in [0.15, 0.2) is 285 Å². The van der Waals surface area contributed by atoms with Crippen molar-refractivity contribution in [3.63, 3.8) is 0 Å². The van der Waals surface area contributed by atoms with Crippen molar-refractivity contribution in [1.82, 2.24) is 0 Å². The highest BCUT2D eigenvalue weighted by Gasteiger charge is 2.46. The summed E-state index contributed by atoms with van der Waals surface area (Å²) in [5.41, 5.74) is 26.4. The molecular weight excluding hydrogens is 1240 g/mol. The molecule has 0 unspecified atom stereocenters. The fourth-order valence-electron chi connectivity index (χ4n) is 14.8. The first-order valence-electron chi connectivity index (χ1n) is 34.9. The van der Waals surface area contributed by atoms with E-state index in [0.29, 0.717) is 0 Å². The molecule has 16 rings (SSSR count). The van der Waals surface area contributed by atoms with E-state index < -0.39 is 0 Å². The minimum absolute atomic E-state index is 0.0507. The first kappa shape index (κ1) is 63.6. The third-order valence-electron chi connectivity index (χ3n) is 20.2. The first-order chi connectivity index (χ1) is 47.6. The van der Waals surface area contributed by atoms with Crippen molar-refractivity contribution in [3.8, 4) is 32.0 Å². The average molecular weight is 1320 g/mol. The quantitative estimate of drug-likeness (QED) is 0.120. The lowest BCUT2D eigenvalue weighted by Gasteiger charge is -2.46. The number of benzene rings is 12. The van der Waals surface area contributed by atoms with Crippen LogP contribution in [0, 0.1) is 0 Å². The van der Waals surface area contributed by atoms with Gasteiger partial charge in [-0.2, -0.15) is 0 Å². The lowest BCUT2D eigenvalue weighted by Crippen LogP contribution is -2.61. The molecule has 0 fully saturated rings. The Balaban J connectivity index is 1.06. The molecule has 2 aromatic heterocycles. The van der Waals surface area contributed by atoms with E-state index in [-0.39, 0.29) is 28.4 Å². The number of hydrogen-bond acceptors (Lipinski definition) is 6. The van der Waals surface area contributed by atoms with Crippen LogP contribution < -0.4 is 36.0 Å². The van der Waals surface area contributed by atoms with Gasteiger partial charge in [-0.05, 0) is 221 Å². The van der Waals surface area contributed by atoms with E-state index in [1.807, 2.05) is 22.7 Å². The van der Waals surface area contributed by atoms with Crippen LogP contribution in [0.1, 0.15) is 105 Å². The van der Waals surface area contributed by atoms with Gasteiger partial charge >= 0.3 is 0 Å². The second-order valence-corrected chi connectivity index (χ2v) is 33.3. The number of hydrogen-bond donors (Lipinski definition) is 0.